The zero-order valence-electron chi connectivity index (χ0n) is 6.97. The highest BCUT2D eigenvalue weighted by atomic mass is 16.2. The molecule has 0 aliphatic heterocycles. The van der Waals surface area contributed by atoms with Crippen LogP contribution in [-0.2, 0) is 4.79 Å². The first-order valence-electron chi connectivity index (χ1n) is 4.18. The molecule has 0 bridgehead atoms. The maximum Gasteiger partial charge on any atom is 0.223 e. The molecule has 62 valence electrons. The number of nitrogens with one attached hydrogen (secondary N) is 1. The van der Waals surface area contributed by atoms with Gasteiger partial charge in [-0.1, -0.05) is 19.4 Å². The summed E-state index contributed by atoms with van der Waals surface area (Å²) in [6.45, 7) is 6.27. The molecule has 11 heavy (non-hydrogen) atoms. The second kappa shape index (κ2) is 3.56. The summed E-state index contributed by atoms with van der Waals surface area (Å²) in [4.78, 5) is 11.2. The number of hydrogen-bond acceptors (Lipinski definition) is 1. The summed E-state index contributed by atoms with van der Waals surface area (Å²) in [5.41, 5.74) is 0. The Morgan fingerprint density at radius 1 is 1.82 bits per heavy atom. The molecule has 1 rings (SSSR count). The van der Waals surface area contributed by atoms with E-state index in [0.29, 0.717) is 18.4 Å². The van der Waals surface area contributed by atoms with Crippen molar-refractivity contribution in [2.45, 2.75) is 19.8 Å². The van der Waals surface area contributed by atoms with Crippen LogP contribution in [0, 0.1) is 11.8 Å². The number of hydrogen-bond donors (Lipinski definition) is 1. The average molecular weight is 153 g/mol. The van der Waals surface area contributed by atoms with Crippen LogP contribution in [0.1, 0.15) is 19.8 Å². The summed E-state index contributed by atoms with van der Waals surface area (Å²) >= 11 is 0. The molecule has 0 aromatic carbocycles. The summed E-state index contributed by atoms with van der Waals surface area (Å²) in [5, 5.41) is 2.80. The molecule has 1 aliphatic rings. The zero-order chi connectivity index (χ0) is 8.27. The van der Waals surface area contributed by atoms with Crippen molar-refractivity contribution in [1.82, 2.24) is 5.32 Å². The molecule has 1 N–H and O–H groups in total. The van der Waals surface area contributed by atoms with Crippen LogP contribution in [0.15, 0.2) is 12.7 Å². The first-order chi connectivity index (χ1) is 5.29. The third kappa shape index (κ3) is 2.07. The van der Waals surface area contributed by atoms with E-state index in [0.717, 1.165) is 12.8 Å². The van der Waals surface area contributed by atoms with E-state index < -0.39 is 0 Å². The van der Waals surface area contributed by atoms with Crippen molar-refractivity contribution in [2.75, 3.05) is 6.54 Å². The lowest BCUT2D eigenvalue weighted by Crippen LogP contribution is -2.25. The van der Waals surface area contributed by atoms with Gasteiger partial charge in [-0.05, 0) is 12.3 Å². The van der Waals surface area contributed by atoms with E-state index in [1.54, 1.807) is 6.08 Å². The van der Waals surface area contributed by atoms with Gasteiger partial charge in [0.2, 0.25) is 5.91 Å². The number of amides is 1. The van der Waals surface area contributed by atoms with Gasteiger partial charge in [0, 0.05) is 12.5 Å². The summed E-state index contributed by atoms with van der Waals surface area (Å²) in [6, 6.07) is 0. The molecular formula is C9H15NO. The third-order valence-electron chi connectivity index (χ3n) is 2.20. The Labute approximate surface area is 67.7 Å². The molecule has 0 aromatic rings. The zero-order valence-corrected chi connectivity index (χ0v) is 6.97. The maximum atomic E-state index is 11.2. The summed E-state index contributed by atoms with van der Waals surface area (Å²) < 4.78 is 0. The summed E-state index contributed by atoms with van der Waals surface area (Å²) in [5.74, 6) is 1.16. The Kier molecular flexibility index (Phi) is 2.69. The van der Waals surface area contributed by atoms with Crippen LogP contribution in [0.5, 0.6) is 0 Å². The van der Waals surface area contributed by atoms with Crippen LogP contribution in [0.4, 0.5) is 0 Å². The lowest BCUT2D eigenvalue weighted by Gasteiger charge is -1.99. The molecule has 0 spiro atoms. The van der Waals surface area contributed by atoms with Gasteiger partial charge in [0.25, 0.3) is 0 Å². The molecule has 2 atom stereocenters. The minimum absolute atomic E-state index is 0.205. The largest absolute Gasteiger partial charge is 0.352 e. The molecule has 1 aliphatic carbocycles. The summed E-state index contributed by atoms with van der Waals surface area (Å²) in [7, 11) is 0. The van der Waals surface area contributed by atoms with Gasteiger partial charge in [-0.2, -0.15) is 0 Å². The van der Waals surface area contributed by atoms with E-state index >= 15 is 0 Å². The highest BCUT2D eigenvalue weighted by Gasteiger charge is 2.40. The fraction of sp³-hybridized carbons (Fsp3) is 0.667. The van der Waals surface area contributed by atoms with Gasteiger partial charge in [-0.25, -0.2) is 0 Å². The molecule has 2 nitrogen and oxygen atoms in total. The van der Waals surface area contributed by atoms with Crippen molar-refractivity contribution in [3.8, 4) is 0 Å². The number of carbonyl (C=O) groups is 1. The predicted molar refractivity (Wildman–Crippen MR) is 45.1 cm³/mol. The fourth-order valence-electron chi connectivity index (χ4n) is 1.32. The van der Waals surface area contributed by atoms with Gasteiger partial charge in [0.05, 0.1) is 0 Å². The van der Waals surface area contributed by atoms with Crippen molar-refractivity contribution in [2.24, 2.45) is 11.8 Å². The second-order valence-electron chi connectivity index (χ2n) is 3.04. The van der Waals surface area contributed by atoms with E-state index in [1.165, 1.54) is 0 Å². The molecular weight excluding hydrogens is 138 g/mol. The summed E-state index contributed by atoms with van der Waals surface area (Å²) in [6.07, 6.45) is 3.92. The first kappa shape index (κ1) is 8.31. The molecule has 1 amide bonds. The van der Waals surface area contributed by atoms with Crippen molar-refractivity contribution in [3.63, 3.8) is 0 Å². The van der Waals surface area contributed by atoms with Gasteiger partial charge in [-0.3, -0.25) is 4.79 Å². The quantitative estimate of drug-likeness (QED) is 0.607. The van der Waals surface area contributed by atoms with Gasteiger partial charge in [0.15, 0.2) is 0 Å². The Hall–Kier alpha value is -0.790. The molecule has 0 aromatic heterocycles. The van der Waals surface area contributed by atoms with E-state index in [9.17, 15) is 4.79 Å². The maximum absolute atomic E-state index is 11.2. The van der Waals surface area contributed by atoms with E-state index in [4.69, 9.17) is 0 Å². The van der Waals surface area contributed by atoms with E-state index in [-0.39, 0.29) is 5.91 Å². The molecule has 1 saturated carbocycles. The molecule has 0 heterocycles. The normalized spacial score (nSPS) is 27.7. The fourth-order valence-corrected chi connectivity index (χ4v) is 1.32. The monoisotopic (exact) mass is 153 g/mol. The van der Waals surface area contributed by atoms with Gasteiger partial charge in [-0.15, -0.1) is 6.58 Å². The standard InChI is InChI=1S/C9H15NO/c1-3-5-10-9(11)8-6-7(8)4-2/h3,7-8H,1,4-6H2,2H3,(H,10,11). The van der Waals surface area contributed by atoms with Crippen LogP contribution in [0.25, 0.3) is 0 Å². The van der Waals surface area contributed by atoms with Gasteiger partial charge in [0.1, 0.15) is 0 Å². The predicted octanol–water partition coefficient (Wildman–Crippen LogP) is 1.33. The van der Waals surface area contributed by atoms with Crippen LogP contribution < -0.4 is 5.32 Å². The van der Waals surface area contributed by atoms with Crippen molar-refractivity contribution in [1.29, 1.82) is 0 Å². The highest BCUT2D eigenvalue weighted by molar-refractivity contribution is 5.81. The van der Waals surface area contributed by atoms with Crippen LogP contribution >= 0.6 is 0 Å². The Balaban J connectivity index is 2.17. The minimum Gasteiger partial charge on any atom is -0.352 e. The topological polar surface area (TPSA) is 29.1 Å². The van der Waals surface area contributed by atoms with Gasteiger partial charge < -0.3 is 5.32 Å². The minimum atomic E-state index is 0.205. The lowest BCUT2D eigenvalue weighted by molar-refractivity contribution is -0.122. The molecule has 0 radical (unpaired) electrons. The SMILES string of the molecule is C=CCNC(=O)C1CC1CC. The van der Waals surface area contributed by atoms with Crippen LogP contribution in [0.3, 0.4) is 0 Å². The smallest absolute Gasteiger partial charge is 0.223 e. The molecule has 0 saturated heterocycles. The second-order valence-corrected chi connectivity index (χ2v) is 3.04. The lowest BCUT2D eigenvalue weighted by atomic mass is 10.2. The third-order valence-corrected chi connectivity index (χ3v) is 2.20. The Morgan fingerprint density at radius 2 is 2.55 bits per heavy atom. The van der Waals surface area contributed by atoms with E-state index in [2.05, 4.69) is 18.8 Å². The van der Waals surface area contributed by atoms with Crippen LogP contribution in [-0.4, -0.2) is 12.5 Å². The Morgan fingerprint density at radius 3 is 3.00 bits per heavy atom. The average Bonchev–Trinajstić information content (AvgIpc) is 2.78. The van der Waals surface area contributed by atoms with Crippen molar-refractivity contribution < 1.29 is 4.79 Å². The Bertz CT molecular complexity index is 165. The van der Waals surface area contributed by atoms with Crippen molar-refractivity contribution in [3.05, 3.63) is 12.7 Å². The van der Waals surface area contributed by atoms with Crippen molar-refractivity contribution >= 4 is 5.91 Å². The highest BCUT2D eigenvalue weighted by Crippen LogP contribution is 2.40. The molecule has 2 heteroatoms. The first-order valence-corrected chi connectivity index (χ1v) is 4.18. The number of carbonyl (C=O) groups excluding carboxylic acids is 1. The molecule has 1 fully saturated rings. The molecule has 2 unspecified atom stereocenters. The van der Waals surface area contributed by atoms with Gasteiger partial charge >= 0.3 is 0 Å². The number of rotatable bonds is 4. The van der Waals surface area contributed by atoms with Crippen LogP contribution in [0.2, 0.25) is 0 Å². The van der Waals surface area contributed by atoms with E-state index in [1.807, 2.05) is 0 Å².